The first-order valence-corrected chi connectivity index (χ1v) is 7.39. The first kappa shape index (κ1) is 12.4. The van der Waals surface area contributed by atoms with Crippen molar-refractivity contribution in [3.05, 3.63) is 29.3 Å². The molecule has 1 aliphatic heterocycles. The topological polar surface area (TPSA) is 80.4 Å². The first-order valence-electron chi connectivity index (χ1n) is 5.68. The molecule has 0 bridgehead atoms. The molecule has 3 N–H and O–H groups in total. The van der Waals surface area contributed by atoms with Crippen molar-refractivity contribution in [3.8, 4) is 0 Å². The van der Waals surface area contributed by atoms with Crippen molar-refractivity contribution in [2.75, 3.05) is 11.5 Å². The number of anilines is 1. The number of hydrogen-bond donors (Lipinski definition) is 2. The second kappa shape index (κ2) is 4.31. The number of aryl methyl sites for hydroxylation is 1. The van der Waals surface area contributed by atoms with Crippen molar-refractivity contribution >= 4 is 15.5 Å². The third kappa shape index (κ3) is 2.17. The summed E-state index contributed by atoms with van der Waals surface area (Å²) in [5.74, 6) is 0.167. The fourth-order valence-electron chi connectivity index (χ4n) is 2.33. The molecule has 5 heteroatoms. The molecular weight excluding hydrogens is 238 g/mol. The molecule has 1 aromatic carbocycles. The van der Waals surface area contributed by atoms with Crippen LogP contribution < -0.4 is 5.73 Å². The maximum absolute atomic E-state index is 11.8. The van der Waals surface area contributed by atoms with Crippen molar-refractivity contribution in [2.45, 2.75) is 31.1 Å². The number of nitrogens with two attached hydrogens (primary N) is 1. The van der Waals surface area contributed by atoms with Gasteiger partial charge < -0.3 is 10.8 Å². The lowest BCUT2D eigenvalue weighted by Crippen LogP contribution is -2.25. The van der Waals surface area contributed by atoms with Gasteiger partial charge in [-0.2, -0.15) is 0 Å². The Kier molecular flexibility index (Phi) is 3.14. The van der Waals surface area contributed by atoms with Crippen LogP contribution in [0.25, 0.3) is 0 Å². The van der Waals surface area contributed by atoms with Crippen LogP contribution in [0.2, 0.25) is 0 Å². The summed E-state index contributed by atoms with van der Waals surface area (Å²) in [6.45, 7) is 1.84. The predicted molar refractivity (Wildman–Crippen MR) is 67.4 cm³/mol. The number of hydrogen-bond acceptors (Lipinski definition) is 4. The van der Waals surface area contributed by atoms with Crippen molar-refractivity contribution in [1.82, 2.24) is 0 Å². The summed E-state index contributed by atoms with van der Waals surface area (Å²) in [7, 11) is -3.17. The highest BCUT2D eigenvalue weighted by atomic mass is 32.2. The second-order valence-corrected chi connectivity index (χ2v) is 6.91. The number of nitrogen functional groups attached to an aromatic ring is 1. The van der Waals surface area contributed by atoms with E-state index in [2.05, 4.69) is 0 Å². The number of sulfone groups is 1. The maximum Gasteiger partial charge on any atom is 0.156 e. The molecule has 0 aromatic heterocycles. The Hall–Kier alpha value is -1.07. The van der Waals surface area contributed by atoms with Gasteiger partial charge in [-0.15, -0.1) is 0 Å². The fraction of sp³-hybridized carbons (Fsp3) is 0.500. The molecular formula is C12H17NO3S. The van der Waals surface area contributed by atoms with E-state index in [0.29, 0.717) is 24.1 Å². The molecule has 4 nitrogen and oxygen atoms in total. The van der Waals surface area contributed by atoms with Crippen LogP contribution in [-0.2, 0) is 9.84 Å². The monoisotopic (exact) mass is 255 g/mol. The Balaban J connectivity index is 2.38. The fourth-order valence-corrected chi connectivity index (χ4v) is 4.27. The van der Waals surface area contributed by atoms with Crippen LogP contribution in [0.1, 0.15) is 30.1 Å². The minimum atomic E-state index is -3.17. The number of rotatable bonds is 2. The summed E-state index contributed by atoms with van der Waals surface area (Å²) < 4.78 is 23.5. The van der Waals surface area contributed by atoms with Gasteiger partial charge in [0.25, 0.3) is 0 Å². The van der Waals surface area contributed by atoms with E-state index in [0.717, 1.165) is 5.56 Å². The standard InChI is InChI=1S/C12H17NO3S/c1-8-4-2-5-9(11(8)13)12(14)10-6-3-7-17(10,15)16/h2,4-5,10,12,14H,3,6-7,13H2,1H3. The molecule has 0 aliphatic carbocycles. The van der Waals surface area contributed by atoms with Gasteiger partial charge >= 0.3 is 0 Å². The van der Waals surface area contributed by atoms with Crippen molar-refractivity contribution < 1.29 is 13.5 Å². The van der Waals surface area contributed by atoms with Crippen LogP contribution in [-0.4, -0.2) is 24.5 Å². The number of aliphatic hydroxyl groups is 1. The average Bonchev–Trinajstić information content (AvgIpc) is 2.61. The van der Waals surface area contributed by atoms with E-state index in [1.54, 1.807) is 12.1 Å². The van der Waals surface area contributed by atoms with Crippen molar-refractivity contribution in [1.29, 1.82) is 0 Å². The molecule has 0 amide bonds. The zero-order chi connectivity index (χ0) is 12.6. The van der Waals surface area contributed by atoms with Gasteiger partial charge in [0.15, 0.2) is 9.84 Å². The van der Waals surface area contributed by atoms with Gasteiger partial charge in [-0.3, -0.25) is 0 Å². The van der Waals surface area contributed by atoms with E-state index in [-0.39, 0.29) is 5.75 Å². The van der Waals surface area contributed by atoms with Crippen LogP contribution in [0.4, 0.5) is 5.69 Å². The van der Waals surface area contributed by atoms with E-state index in [9.17, 15) is 13.5 Å². The molecule has 0 saturated carbocycles. The summed E-state index contributed by atoms with van der Waals surface area (Å²) in [6.07, 6.45) is 0.120. The lowest BCUT2D eigenvalue weighted by molar-refractivity contribution is 0.171. The average molecular weight is 255 g/mol. The Morgan fingerprint density at radius 2 is 2.18 bits per heavy atom. The summed E-state index contributed by atoms with van der Waals surface area (Å²) in [6, 6.07) is 5.32. The van der Waals surface area contributed by atoms with Gasteiger partial charge in [0, 0.05) is 11.3 Å². The van der Waals surface area contributed by atoms with E-state index < -0.39 is 21.2 Å². The molecule has 1 heterocycles. The van der Waals surface area contributed by atoms with E-state index >= 15 is 0 Å². The molecule has 2 atom stereocenters. The van der Waals surface area contributed by atoms with Crippen LogP contribution >= 0.6 is 0 Å². The van der Waals surface area contributed by atoms with Crippen molar-refractivity contribution in [3.63, 3.8) is 0 Å². The lowest BCUT2D eigenvalue weighted by Gasteiger charge is -2.20. The van der Waals surface area contributed by atoms with Gasteiger partial charge in [-0.1, -0.05) is 18.2 Å². The molecule has 1 fully saturated rings. The van der Waals surface area contributed by atoms with Gasteiger partial charge in [0.05, 0.1) is 17.1 Å². The summed E-state index contributed by atoms with van der Waals surface area (Å²) in [5, 5.41) is 9.50. The number of para-hydroxylation sites is 1. The van der Waals surface area contributed by atoms with Gasteiger partial charge in [-0.25, -0.2) is 8.42 Å². The normalized spacial score (nSPS) is 24.7. The van der Waals surface area contributed by atoms with E-state index in [1.807, 2.05) is 13.0 Å². The molecule has 1 saturated heterocycles. The summed E-state index contributed by atoms with van der Waals surface area (Å²) >= 11 is 0. The molecule has 1 aliphatic rings. The number of benzene rings is 1. The van der Waals surface area contributed by atoms with Crippen LogP contribution in [0.3, 0.4) is 0 Å². The largest absolute Gasteiger partial charge is 0.398 e. The molecule has 0 radical (unpaired) electrons. The van der Waals surface area contributed by atoms with Crippen LogP contribution in [0.5, 0.6) is 0 Å². The molecule has 2 unspecified atom stereocenters. The summed E-state index contributed by atoms with van der Waals surface area (Å²) in [4.78, 5) is 0. The minimum absolute atomic E-state index is 0.167. The van der Waals surface area contributed by atoms with Gasteiger partial charge in [0.2, 0.25) is 0 Å². The van der Waals surface area contributed by atoms with Gasteiger partial charge in [-0.05, 0) is 25.3 Å². The van der Waals surface area contributed by atoms with Gasteiger partial charge in [0.1, 0.15) is 0 Å². The number of aliphatic hydroxyl groups excluding tert-OH is 1. The Bertz CT molecular complexity index is 525. The molecule has 17 heavy (non-hydrogen) atoms. The predicted octanol–water partition coefficient (Wildman–Crippen LogP) is 1.19. The quantitative estimate of drug-likeness (QED) is 0.778. The SMILES string of the molecule is Cc1cccc(C(O)C2CCCS2(=O)=O)c1N. The highest BCUT2D eigenvalue weighted by molar-refractivity contribution is 7.92. The highest BCUT2D eigenvalue weighted by Crippen LogP contribution is 2.34. The zero-order valence-electron chi connectivity index (χ0n) is 9.76. The van der Waals surface area contributed by atoms with Crippen LogP contribution in [0, 0.1) is 6.92 Å². The Morgan fingerprint density at radius 1 is 1.47 bits per heavy atom. The third-order valence-electron chi connectivity index (χ3n) is 3.41. The smallest absolute Gasteiger partial charge is 0.156 e. The molecule has 0 spiro atoms. The van der Waals surface area contributed by atoms with E-state index in [1.165, 1.54) is 0 Å². The van der Waals surface area contributed by atoms with Crippen molar-refractivity contribution in [2.24, 2.45) is 0 Å². The van der Waals surface area contributed by atoms with E-state index in [4.69, 9.17) is 5.73 Å². The first-order chi connectivity index (χ1) is 7.93. The molecule has 2 rings (SSSR count). The highest BCUT2D eigenvalue weighted by Gasteiger charge is 2.38. The Morgan fingerprint density at radius 3 is 2.76 bits per heavy atom. The molecule has 1 aromatic rings. The second-order valence-electron chi connectivity index (χ2n) is 4.57. The zero-order valence-corrected chi connectivity index (χ0v) is 10.6. The third-order valence-corrected chi connectivity index (χ3v) is 5.68. The lowest BCUT2D eigenvalue weighted by atomic mass is 9.99. The Labute approximate surface area is 101 Å². The minimum Gasteiger partial charge on any atom is -0.398 e. The maximum atomic E-state index is 11.8. The molecule has 94 valence electrons. The summed E-state index contributed by atoms with van der Waals surface area (Å²) in [5.41, 5.74) is 7.76. The van der Waals surface area contributed by atoms with Crippen LogP contribution in [0.15, 0.2) is 18.2 Å².